The van der Waals surface area contributed by atoms with Gasteiger partial charge in [-0.2, -0.15) is 0 Å². The average Bonchev–Trinajstić information content (AvgIpc) is 2.11. The van der Waals surface area contributed by atoms with Crippen LogP contribution in [0.15, 0.2) is 18.2 Å². The van der Waals surface area contributed by atoms with E-state index in [1.54, 1.807) is 0 Å². The molecule has 1 aromatic carbocycles. The summed E-state index contributed by atoms with van der Waals surface area (Å²) in [7, 11) is 1.87. The van der Waals surface area contributed by atoms with Crippen LogP contribution in [0.25, 0.3) is 0 Å². The summed E-state index contributed by atoms with van der Waals surface area (Å²) in [4.78, 5) is 1.91. The summed E-state index contributed by atoms with van der Waals surface area (Å²) in [5.41, 5.74) is 0.407. The van der Waals surface area contributed by atoms with Crippen molar-refractivity contribution in [3.63, 3.8) is 0 Å². The molecular weight excluding hydrogens is 172 g/mol. The summed E-state index contributed by atoms with van der Waals surface area (Å²) in [6.07, 6.45) is 0. The van der Waals surface area contributed by atoms with E-state index < -0.39 is 0 Å². The van der Waals surface area contributed by atoms with Gasteiger partial charge in [0.25, 0.3) is 0 Å². The van der Waals surface area contributed by atoms with Crippen LogP contribution >= 0.6 is 0 Å². The fourth-order valence-electron chi connectivity index (χ4n) is 1.07. The van der Waals surface area contributed by atoms with Gasteiger partial charge >= 0.3 is 0 Å². The molecular formula is C10H13F2N. The van der Waals surface area contributed by atoms with Crippen LogP contribution in [0.5, 0.6) is 0 Å². The van der Waals surface area contributed by atoms with Gasteiger partial charge in [-0.15, -0.1) is 0 Å². The molecule has 0 aliphatic heterocycles. The lowest BCUT2D eigenvalue weighted by atomic mass is 10.2. The van der Waals surface area contributed by atoms with Gasteiger partial charge in [0.15, 0.2) is 0 Å². The molecule has 3 heteroatoms. The van der Waals surface area contributed by atoms with E-state index in [4.69, 9.17) is 0 Å². The van der Waals surface area contributed by atoms with Gasteiger partial charge in [0.1, 0.15) is 11.6 Å². The second kappa shape index (κ2) is 4.33. The maximum absolute atomic E-state index is 13.1. The molecule has 0 spiro atoms. The Labute approximate surface area is 77.0 Å². The SMILES string of the molecule is CCN(C)Cc1cc(F)ccc1F. The highest BCUT2D eigenvalue weighted by Crippen LogP contribution is 2.11. The van der Waals surface area contributed by atoms with Crippen molar-refractivity contribution in [1.82, 2.24) is 4.90 Å². The van der Waals surface area contributed by atoms with Gasteiger partial charge < -0.3 is 4.90 Å². The first-order valence-electron chi connectivity index (χ1n) is 4.26. The van der Waals surface area contributed by atoms with Crippen LogP contribution < -0.4 is 0 Å². The van der Waals surface area contributed by atoms with Crippen molar-refractivity contribution in [2.75, 3.05) is 13.6 Å². The maximum Gasteiger partial charge on any atom is 0.127 e. The molecule has 0 aliphatic carbocycles. The molecule has 0 fully saturated rings. The first-order valence-corrected chi connectivity index (χ1v) is 4.26. The predicted octanol–water partition coefficient (Wildman–Crippen LogP) is 2.42. The van der Waals surface area contributed by atoms with Crippen LogP contribution in [0.4, 0.5) is 8.78 Å². The molecule has 1 rings (SSSR count). The van der Waals surface area contributed by atoms with E-state index in [0.29, 0.717) is 12.1 Å². The lowest BCUT2D eigenvalue weighted by Crippen LogP contribution is -2.17. The van der Waals surface area contributed by atoms with Gasteiger partial charge in [0.2, 0.25) is 0 Å². The third-order valence-corrected chi connectivity index (χ3v) is 1.99. The number of benzene rings is 1. The molecule has 0 unspecified atom stereocenters. The van der Waals surface area contributed by atoms with Gasteiger partial charge in [0.05, 0.1) is 0 Å². The first kappa shape index (κ1) is 10.1. The lowest BCUT2D eigenvalue weighted by molar-refractivity contribution is 0.338. The molecule has 0 aromatic heterocycles. The molecule has 0 amide bonds. The zero-order chi connectivity index (χ0) is 9.84. The van der Waals surface area contributed by atoms with Crippen LogP contribution in [0.3, 0.4) is 0 Å². The lowest BCUT2D eigenvalue weighted by Gasteiger charge is -2.14. The summed E-state index contributed by atoms with van der Waals surface area (Å²) < 4.78 is 25.8. The van der Waals surface area contributed by atoms with E-state index in [1.165, 1.54) is 6.07 Å². The van der Waals surface area contributed by atoms with Crippen molar-refractivity contribution < 1.29 is 8.78 Å². The number of nitrogens with zero attached hydrogens (tertiary/aromatic N) is 1. The van der Waals surface area contributed by atoms with Crippen LogP contribution in [-0.4, -0.2) is 18.5 Å². The number of hydrogen-bond donors (Lipinski definition) is 0. The summed E-state index contributed by atoms with van der Waals surface area (Å²) in [6, 6.07) is 3.53. The number of rotatable bonds is 3. The first-order chi connectivity index (χ1) is 6.13. The van der Waals surface area contributed by atoms with E-state index in [9.17, 15) is 8.78 Å². The van der Waals surface area contributed by atoms with Gasteiger partial charge in [-0.1, -0.05) is 6.92 Å². The zero-order valence-corrected chi connectivity index (χ0v) is 7.85. The molecule has 0 aliphatic rings. The minimum absolute atomic E-state index is 0.346. The van der Waals surface area contributed by atoms with Crippen molar-refractivity contribution in [3.05, 3.63) is 35.4 Å². The van der Waals surface area contributed by atoms with E-state index >= 15 is 0 Å². The predicted molar refractivity (Wildman–Crippen MR) is 48.4 cm³/mol. The Morgan fingerprint density at radius 2 is 2.00 bits per heavy atom. The van der Waals surface area contributed by atoms with E-state index in [1.807, 2.05) is 18.9 Å². The summed E-state index contributed by atoms with van der Waals surface area (Å²) in [5.74, 6) is -0.734. The van der Waals surface area contributed by atoms with Crippen LogP contribution in [0.1, 0.15) is 12.5 Å². The average molecular weight is 185 g/mol. The third kappa shape index (κ3) is 2.77. The van der Waals surface area contributed by atoms with Crippen LogP contribution in [0.2, 0.25) is 0 Å². The van der Waals surface area contributed by atoms with Gasteiger partial charge in [0, 0.05) is 12.1 Å². The van der Waals surface area contributed by atoms with Crippen molar-refractivity contribution in [3.8, 4) is 0 Å². The Morgan fingerprint density at radius 1 is 1.31 bits per heavy atom. The molecule has 13 heavy (non-hydrogen) atoms. The Kier molecular flexibility index (Phi) is 3.37. The molecule has 1 aromatic rings. The number of halogens is 2. The van der Waals surface area contributed by atoms with Crippen molar-refractivity contribution >= 4 is 0 Å². The van der Waals surface area contributed by atoms with Crippen LogP contribution in [0, 0.1) is 11.6 Å². The van der Waals surface area contributed by atoms with Crippen molar-refractivity contribution in [2.45, 2.75) is 13.5 Å². The quantitative estimate of drug-likeness (QED) is 0.699. The Balaban J connectivity index is 2.81. The summed E-state index contributed by atoms with van der Waals surface area (Å²) in [5, 5.41) is 0. The molecule has 0 bridgehead atoms. The highest BCUT2D eigenvalue weighted by atomic mass is 19.1. The maximum atomic E-state index is 13.1. The molecule has 0 heterocycles. The molecule has 0 saturated carbocycles. The third-order valence-electron chi connectivity index (χ3n) is 1.99. The largest absolute Gasteiger partial charge is 0.302 e. The summed E-state index contributed by atoms with van der Waals surface area (Å²) >= 11 is 0. The van der Waals surface area contributed by atoms with Gasteiger partial charge in [-0.05, 0) is 31.8 Å². The molecule has 0 atom stereocenters. The van der Waals surface area contributed by atoms with Gasteiger partial charge in [-0.3, -0.25) is 0 Å². The molecule has 72 valence electrons. The summed E-state index contributed by atoms with van der Waals surface area (Å²) in [6.45, 7) is 3.23. The zero-order valence-electron chi connectivity index (χ0n) is 7.85. The Morgan fingerprint density at radius 3 is 2.62 bits per heavy atom. The Hall–Kier alpha value is -0.960. The minimum Gasteiger partial charge on any atom is -0.302 e. The van der Waals surface area contributed by atoms with Crippen molar-refractivity contribution in [1.29, 1.82) is 0 Å². The number of hydrogen-bond acceptors (Lipinski definition) is 1. The van der Waals surface area contributed by atoms with Crippen molar-refractivity contribution in [2.24, 2.45) is 0 Å². The van der Waals surface area contributed by atoms with E-state index in [0.717, 1.165) is 18.7 Å². The minimum atomic E-state index is -0.388. The fraction of sp³-hybridized carbons (Fsp3) is 0.400. The highest BCUT2D eigenvalue weighted by molar-refractivity contribution is 5.18. The molecule has 0 saturated heterocycles. The van der Waals surface area contributed by atoms with E-state index in [-0.39, 0.29) is 11.6 Å². The topological polar surface area (TPSA) is 3.24 Å². The highest BCUT2D eigenvalue weighted by Gasteiger charge is 2.05. The standard InChI is InChI=1S/C10H13F2N/c1-3-13(2)7-8-6-9(11)4-5-10(8)12/h4-6H,3,7H2,1-2H3. The normalized spacial score (nSPS) is 10.8. The van der Waals surface area contributed by atoms with E-state index in [2.05, 4.69) is 0 Å². The monoisotopic (exact) mass is 185 g/mol. The molecule has 1 nitrogen and oxygen atoms in total. The molecule has 0 radical (unpaired) electrons. The van der Waals surface area contributed by atoms with Crippen LogP contribution in [-0.2, 0) is 6.54 Å². The fourth-order valence-corrected chi connectivity index (χ4v) is 1.07. The Bertz CT molecular complexity index is 286. The molecule has 0 N–H and O–H groups in total. The second-order valence-electron chi connectivity index (χ2n) is 3.07. The second-order valence-corrected chi connectivity index (χ2v) is 3.07. The van der Waals surface area contributed by atoms with Gasteiger partial charge in [-0.25, -0.2) is 8.78 Å². The smallest absolute Gasteiger partial charge is 0.127 e.